The molecule has 5 heteroatoms. The molecule has 0 amide bonds. The summed E-state index contributed by atoms with van der Waals surface area (Å²) >= 11 is 0. The van der Waals surface area contributed by atoms with Crippen molar-refractivity contribution in [2.75, 3.05) is 6.61 Å². The number of hydrogen-bond acceptors (Lipinski definition) is 4. The summed E-state index contributed by atoms with van der Waals surface area (Å²) in [7, 11) is 0. The van der Waals surface area contributed by atoms with Gasteiger partial charge in [-0.15, -0.1) is 0 Å². The molecule has 1 aromatic rings. The fraction of sp³-hybridized carbons (Fsp3) is 0.333. The molecule has 0 fully saturated rings. The summed E-state index contributed by atoms with van der Waals surface area (Å²) in [6.45, 7) is 3.92. The van der Waals surface area contributed by atoms with Crippen LogP contribution in [0.4, 0.5) is 0 Å². The number of aromatic nitrogens is 1. The van der Waals surface area contributed by atoms with Crippen molar-refractivity contribution in [3.8, 4) is 0 Å². The maximum Gasteiger partial charge on any atom is 0.339 e. The van der Waals surface area contributed by atoms with Crippen LogP contribution in [-0.4, -0.2) is 23.8 Å². The van der Waals surface area contributed by atoms with Crippen LogP contribution in [-0.2, 0) is 4.74 Å². The molecule has 0 aliphatic heterocycles. The van der Waals surface area contributed by atoms with Crippen molar-refractivity contribution in [2.24, 2.45) is 10.9 Å². The second-order valence-electron chi connectivity index (χ2n) is 2.76. The number of aromatic amines is 1. The van der Waals surface area contributed by atoms with Gasteiger partial charge in [0.1, 0.15) is 0 Å². The van der Waals surface area contributed by atoms with E-state index in [1.165, 1.54) is 6.21 Å². The van der Waals surface area contributed by atoms with Crippen LogP contribution >= 0.6 is 0 Å². The summed E-state index contributed by atoms with van der Waals surface area (Å²) in [5.74, 6) is 4.65. The Morgan fingerprint density at radius 1 is 1.79 bits per heavy atom. The number of aryl methyl sites for hydroxylation is 1. The van der Waals surface area contributed by atoms with E-state index in [-0.39, 0.29) is 5.97 Å². The average Bonchev–Trinajstić information content (AvgIpc) is 2.48. The van der Waals surface area contributed by atoms with Crippen LogP contribution in [0.25, 0.3) is 0 Å². The number of nitrogens with one attached hydrogen (secondary N) is 1. The van der Waals surface area contributed by atoms with E-state index in [9.17, 15) is 4.79 Å². The van der Waals surface area contributed by atoms with Gasteiger partial charge in [0.05, 0.1) is 24.1 Å². The standard InChI is InChI=1S/C9H13N3O2/c1-3-14-9(13)8-4-7(5-11-10)12-6(8)2/h4-5,12H,3,10H2,1-2H3/b11-5-. The number of hydrazone groups is 1. The van der Waals surface area contributed by atoms with Crippen LogP contribution in [0.15, 0.2) is 11.2 Å². The van der Waals surface area contributed by atoms with E-state index >= 15 is 0 Å². The van der Waals surface area contributed by atoms with Crippen LogP contribution in [0.3, 0.4) is 0 Å². The zero-order valence-corrected chi connectivity index (χ0v) is 8.20. The number of nitrogens with zero attached hydrogens (tertiary/aromatic N) is 1. The third kappa shape index (κ3) is 2.12. The SMILES string of the molecule is CCOC(=O)c1cc(/C=N\N)[nH]c1C. The van der Waals surface area contributed by atoms with Crippen molar-refractivity contribution in [1.82, 2.24) is 4.98 Å². The number of nitrogens with two attached hydrogens (primary N) is 1. The number of rotatable bonds is 3. The van der Waals surface area contributed by atoms with E-state index < -0.39 is 0 Å². The lowest BCUT2D eigenvalue weighted by Crippen LogP contribution is -2.04. The second kappa shape index (κ2) is 4.45. The lowest BCUT2D eigenvalue weighted by atomic mass is 10.2. The molecule has 0 aliphatic carbocycles. The number of hydrogen-bond donors (Lipinski definition) is 2. The normalized spacial score (nSPS) is 10.7. The quantitative estimate of drug-likeness (QED) is 0.324. The highest BCUT2D eigenvalue weighted by Crippen LogP contribution is 2.10. The van der Waals surface area contributed by atoms with Crippen LogP contribution in [0.1, 0.15) is 28.7 Å². The van der Waals surface area contributed by atoms with E-state index in [2.05, 4.69) is 10.1 Å². The molecule has 1 rings (SSSR count). The van der Waals surface area contributed by atoms with Gasteiger partial charge < -0.3 is 15.6 Å². The number of esters is 1. The fourth-order valence-electron chi connectivity index (χ4n) is 1.15. The first kappa shape index (κ1) is 10.3. The molecule has 1 heterocycles. The van der Waals surface area contributed by atoms with Gasteiger partial charge in [-0.1, -0.05) is 0 Å². The smallest absolute Gasteiger partial charge is 0.339 e. The Hall–Kier alpha value is -1.78. The minimum atomic E-state index is -0.335. The maximum absolute atomic E-state index is 11.4. The lowest BCUT2D eigenvalue weighted by Gasteiger charge is -1.98. The summed E-state index contributed by atoms with van der Waals surface area (Å²) < 4.78 is 4.87. The highest BCUT2D eigenvalue weighted by molar-refractivity contribution is 5.93. The third-order valence-electron chi connectivity index (χ3n) is 1.74. The van der Waals surface area contributed by atoms with Gasteiger partial charge in [0.25, 0.3) is 0 Å². The number of ether oxygens (including phenoxy) is 1. The topological polar surface area (TPSA) is 80.5 Å². The molecule has 14 heavy (non-hydrogen) atoms. The van der Waals surface area contributed by atoms with E-state index in [0.29, 0.717) is 17.9 Å². The highest BCUT2D eigenvalue weighted by atomic mass is 16.5. The monoisotopic (exact) mass is 195 g/mol. The van der Waals surface area contributed by atoms with Gasteiger partial charge in [-0.2, -0.15) is 5.10 Å². The van der Waals surface area contributed by atoms with Crippen LogP contribution in [0, 0.1) is 6.92 Å². The van der Waals surface area contributed by atoms with Crippen LogP contribution in [0.2, 0.25) is 0 Å². The first-order chi connectivity index (χ1) is 6.69. The van der Waals surface area contributed by atoms with Gasteiger partial charge in [0.15, 0.2) is 0 Å². The average molecular weight is 195 g/mol. The molecule has 0 saturated carbocycles. The molecule has 0 spiro atoms. The Bertz CT molecular complexity index is 355. The summed E-state index contributed by atoms with van der Waals surface area (Å²) in [5.41, 5.74) is 1.95. The minimum absolute atomic E-state index is 0.335. The van der Waals surface area contributed by atoms with Gasteiger partial charge in [0, 0.05) is 5.69 Å². The van der Waals surface area contributed by atoms with Gasteiger partial charge in [-0.05, 0) is 19.9 Å². The largest absolute Gasteiger partial charge is 0.462 e. The zero-order valence-electron chi connectivity index (χ0n) is 8.20. The highest BCUT2D eigenvalue weighted by Gasteiger charge is 2.12. The molecule has 5 nitrogen and oxygen atoms in total. The molecule has 76 valence electrons. The van der Waals surface area contributed by atoms with Gasteiger partial charge >= 0.3 is 5.97 Å². The van der Waals surface area contributed by atoms with E-state index in [1.807, 2.05) is 0 Å². The number of H-pyrrole nitrogens is 1. The van der Waals surface area contributed by atoms with Crippen molar-refractivity contribution in [2.45, 2.75) is 13.8 Å². The predicted octanol–water partition coefficient (Wildman–Crippen LogP) is 0.792. The minimum Gasteiger partial charge on any atom is -0.462 e. The summed E-state index contributed by atoms with van der Waals surface area (Å²) in [4.78, 5) is 14.3. The molecule has 3 N–H and O–H groups in total. The molecule has 0 saturated heterocycles. The molecular formula is C9H13N3O2. The number of carbonyl (C=O) groups excluding carboxylic acids is 1. The Labute approximate surface area is 81.9 Å². The second-order valence-corrected chi connectivity index (χ2v) is 2.76. The van der Waals surface area contributed by atoms with Gasteiger partial charge in [-0.3, -0.25) is 0 Å². The molecule has 0 aromatic carbocycles. The van der Waals surface area contributed by atoms with Crippen LogP contribution in [0.5, 0.6) is 0 Å². The summed E-state index contributed by atoms with van der Waals surface area (Å²) in [5, 5.41) is 3.36. The lowest BCUT2D eigenvalue weighted by molar-refractivity contribution is 0.0526. The van der Waals surface area contributed by atoms with Gasteiger partial charge in [-0.25, -0.2) is 4.79 Å². The van der Waals surface area contributed by atoms with E-state index in [1.54, 1.807) is 19.9 Å². The Morgan fingerprint density at radius 2 is 2.50 bits per heavy atom. The van der Waals surface area contributed by atoms with Crippen LogP contribution < -0.4 is 5.84 Å². The maximum atomic E-state index is 11.4. The van der Waals surface area contributed by atoms with Crippen molar-refractivity contribution < 1.29 is 9.53 Å². The van der Waals surface area contributed by atoms with Crippen molar-refractivity contribution in [3.63, 3.8) is 0 Å². The van der Waals surface area contributed by atoms with Crippen molar-refractivity contribution >= 4 is 12.2 Å². The number of carbonyl (C=O) groups is 1. The molecule has 0 bridgehead atoms. The zero-order chi connectivity index (χ0) is 10.6. The molecular weight excluding hydrogens is 182 g/mol. The molecule has 0 atom stereocenters. The fourth-order valence-corrected chi connectivity index (χ4v) is 1.15. The molecule has 0 radical (unpaired) electrons. The predicted molar refractivity (Wildman–Crippen MR) is 53.3 cm³/mol. The molecule has 1 aromatic heterocycles. The molecule has 0 unspecified atom stereocenters. The van der Waals surface area contributed by atoms with Crippen molar-refractivity contribution in [1.29, 1.82) is 0 Å². The summed E-state index contributed by atoms with van der Waals surface area (Å²) in [6, 6.07) is 1.66. The Morgan fingerprint density at radius 3 is 3.07 bits per heavy atom. The van der Waals surface area contributed by atoms with Crippen molar-refractivity contribution in [3.05, 3.63) is 23.0 Å². The first-order valence-electron chi connectivity index (χ1n) is 4.29. The molecule has 0 aliphatic rings. The van der Waals surface area contributed by atoms with E-state index in [4.69, 9.17) is 10.6 Å². The first-order valence-corrected chi connectivity index (χ1v) is 4.29. The summed E-state index contributed by atoms with van der Waals surface area (Å²) in [6.07, 6.45) is 1.44. The third-order valence-corrected chi connectivity index (χ3v) is 1.74. The Kier molecular flexibility index (Phi) is 3.28. The van der Waals surface area contributed by atoms with Gasteiger partial charge in [0.2, 0.25) is 0 Å². The van der Waals surface area contributed by atoms with E-state index in [0.717, 1.165) is 5.69 Å². The Balaban J connectivity index is 2.92.